The Labute approximate surface area is 160 Å². The van der Waals surface area contributed by atoms with Crippen LogP contribution < -0.4 is 14.8 Å². The van der Waals surface area contributed by atoms with Gasteiger partial charge in [-0.15, -0.1) is 0 Å². The quantitative estimate of drug-likeness (QED) is 0.681. The van der Waals surface area contributed by atoms with Crippen molar-refractivity contribution in [3.63, 3.8) is 0 Å². The highest BCUT2D eigenvalue weighted by atomic mass is 32.2. The Bertz CT molecular complexity index is 870. The summed E-state index contributed by atoms with van der Waals surface area (Å²) in [5.74, 6) is 0.558. The molecule has 0 spiro atoms. The van der Waals surface area contributed by atoms with Gasteiger partial charge >= 0.3 is 0 Å². The van der Waals surface area contributed by atoms with Crippen LogP contribution in [0.3, 0.4) is 0 Å². The van der Waals surface area contributed by atoms with Crippen LogP contribution in [0.5, 0.6) is 5.75 Å². The van der Waals surface area contributed by atoms with Crippen LogP contribution in [0.1, 0.15) is 5.56 Å². The average Bonchev–Trinajstić information content (AvgIpc) is 2.64. The van der Waals surface area contributed by atoms with E-state index in [4.69, 9.17) is 4.74 Å². The van der Waals surface area contributed by atoms with Gasteiger partial charge in [-0.3, -0.25) is 9.69 Å². The lowest BCUT2D eigenvalue weighted by molar-refractivity contribution is -0.117. The molecule has 8 heteroatoms. The third-order valence-corrected chi connectivity index (χ3v) is 5.48. The molecular formula is C19H25N3O4S. The number of para-hydroxylation sites is 1. The van der Waals surface area contributed by atoms with Crippen molar-refractivity contribution in [2.75, 3.05) is 39.1 Å². The van der Waals surface area contributed by atoms with E-state index in [1.165, 1.54) is 13.1 Å². The second-order valence-electron chi connectivity index (χ2n) is 6.14. The molecule has 0 aromatic heterocycles. The summed E-state index contributed by atoms with van der Waals surface area (Å²) >= 11 is 0. The number of hydrogen-bond donors (Lipinski definition) is 2. The molecule has 7 nitrogen and oxygen atoms in total. The summed E-state index contributed by atoms with van der Waals surface area (Å²) in [6, 6.07) is 14.3. The molecule has 0 bridgehead atoms. The Morgan fingerprint density at radius 2 is 1.85 bits per heavy atom. The van der Waals surface area contributed by atoms with Gasteiger partial charge in [0.25, 0.3) is 0 Å². The van der Waals surface area contributed by atoms with E-state index in [1.54, 1.807) is 19.1 Å². The number of rotatable bonds is 9. The van der Waals surface area contributed by atoms with Crippen LogP contribution in [0.2, 0.25) is 0 Å². The van der Waals surface area contributed by atoms with Crippen molar-refractivity contribution >= 4 is 21.6 Å². The lowest BCUT2D eigenvalue weighted by Crippen LogP contribution is -2.33. The fourth-order valence-electron chi connectivity index (χ4n) is 2.44. The molecule has 0 radical (unpaired) electrons. The first kappa shape index (κ1) is 20.9. The van der Waals surface area contributed by atoms with Crippen molar-refractivity contribution in [3.8, 4) is 5.75 Å². The van der Waals surface area contributed by atoms with Gasteiger partial charge < -0.3 is 10.1 Å². The topological polar surface area (TPSA) is 87.7 Å². The highest BCUT2D eigenvalue weighted by Gasteiger charge is 2.16. The van der Waals surface area contributed by atoms with Gasteiger partial charge in [0, 0.05) is 12.2 Å². The van der Waals surface area contributed by atoms with Crippen LogP contribution in [0.4, 0.5) is 5.69 Å². The second kappa shape index (κ2) is 9.50. The molecule has 0 heterocycles. The normalized spacial score (nSPS) is 11.4. The third kappa shape index (κ3) is 6.35. The molecule has 0 aliphatic carbocycles. The van der Waals surface area contributed by atoms with Crippen LogP contribution >= 0.6 is 0 Å². The number of likely N-dealkylation sites (N-methyl/N-ethyl adjacent to an activating group) is 1. The van der Waals surface area contributed by atoms with E-state index in [-0.39, 0.29) is 17.3 Å². The predicted octanol–water partition coefficient (Wildman–Crippen LogP) is 1.85. The molecule has 146 valence electrons. The van der Waals surface area contributed by atoms with E-state index in [2.05, 4.69) is 10.0 Å². The Kier molecular flexibility index (Phi) is 7.35. The van der Waals surface area contributed by atoms with Gasteiger partial charge in [-0.1, -0.05) is 24.3 Å². The zero-order chi connectivity index (χ0) is 19.9. The summed E-state index contributed by atoms with van der Waals surface area (Å²) in [5, 5.41) is 2.73. The summed E-state index contributed by atoms with van der Waals surface area (Å²) in [6.45, 7) is 2.91. The van der Waals surface area contributed by atoms with E-state index < -0.39 is 10.0 Å². The van der Waals surface area contributed by atoms with Crippen LogP contribution in [0.15, 0.2) is 53.4 Å². The molecule has 0 aliphatic rings. The fraction of sp³-hybridized carbons (Fsp3) is 0.316. The molecule has 0 atom stereocenters. The maximum atomic E-state index is 12.2. The number of carbonyl (C=O) groups is 1. The van der Waals surface area contributed by atoms with Crippen molar-refractivity contribution < 1.29 is 17.9 Å². The van der Waals surface area contributed by atoms with Crippen molar-refractivity contribution in [2.24, 2.45) is 0 Å². The second-order valence-corrected chi connectivity index (χ2v) is 7.99. The third-order valence-electron chi connectivity index (χ3n) is 3.93. The molecule has 2 N–H and O–H groups in total. The SMILES string of the molecule is CNS(=O)(=O)c1cc(NC(=O)CN(C)CCOc2ccccc2)ccc1C. The zero-order valence-electron chi connectivity index (χ0n) is 15.7. The van der Waals surface area contributed by atoms with Crippen molar-refractivity contribution in [2.45, 2.75) is 11.8 Å². The lowest BCUT2D eigenvalue weighted by Gasteiger charge is -2.17. The van der Waals surface area contributed by atoms with Crippen molar-refractivity contribution in [3.05, 3.63) is 54.1 Å². The van der Waals surface area contributed by atoms with E-state index in [0.29, 0.717) is 24.4 Å². The predicted molar refractivity (Wildman–Crippen MR) is 105 cm³/mol. The summed E-state index contributed by atoms with van der Waals surface area (Å²) in [7, 11) is -0.404. The Balaban J connectivity index is 1.87. The first-order valence-electron chi connectivity index (χ1n) is 8.52. The number of aryl methyl sites for hydroxylation is 1. The number of benzene rings is 2. The highest BCUT2D eigenvalue weighted by molar-refractivity contribution is 7.89. The van der Waals surface area contributed by atoms with Crippen LogP contribution in [-0.2, 0) is 14.8 Å². The monoisotopic (exact) mass is 391 g/mol. The number of ether oxygens (including phenoxy) is 1. The van der Waals surface area contributed by atoms with Crippen molar-refractivity contribution in [1.82, 2.24) is 9.62 Å². The molecule has 0 saturated heterocycles. The Morgan fingerprint density at radius 1 is 1.15 bits per heavy atom. The summed E-state index contributed by atoms with van der Waals surface area (Å²) < 4.78 is 31.9. The van der Waals surface area contributed by atoms with Gasteiger partial charge in [-0.05, 0) is 50.8 Å². The van der Waals surface area contributed by atoms with Gasteiger partial charge in [-0.25, -0.2) is 13.1 Å². The van der Waals surface area contributed by atoms with E-state index >= 15 is 0 Å². The highest BCUT2D eigenvalue weighted by Crippen LogP contribution is 2.19. The van der Waals surface area contributed by atoms with E-state index in [9.17, 15) is 13.2 Å². The largest absolute Gasteiger partial charge is 0.492 e. The van der Waals surface area contributed by atoms with Crippen LogP contribution in [0.25, 0.3) is 0 Å². The van der Waals surface area contributed by atoms with Gasteiger partial charge in [0.2, 0.25) is 15.9 Å². The number of sulfonamides is 1. The summed E-state index contributed by atoms with van der Waals surface area (Å²) in [4.78, 5) is 14.2. The first-order chi connectivity index (χ1) is 12.8. The molecular weight excluding hydrogens is 366 g/mol. The maximum absolute atomic E-state index is 12.2. The summed E-state index contributed by atoms with van der Waals surface area (Å²) in [5.41, 5.74) is 1.05. The molecule has 0 unspecified atom stereocenters. The Morgan fingerprint density at radius 3 is 2.52 bits per heavy atom. The molecule has 2 rings (SSSR count). The number of anilines is 1. The van der Waals surface area contributed by atoms with Gasteiger partial charge in [0.1, 0.15) is 12.4 Å². The van der Waals surface area contributed by atoms with Gasteiger partial charge in [0.05, 0.1) is 11.4 Å². The molecule has 2 aromatic carbocycles. The number of nitrogens with one attached hydrogen (secondary N) is 2. The standard InChI is InChI=1S/C19H25N3O4S/c1-15-9-10-16(13-18(15)27(24,25)20-2)21-19(23)14-22(3)11-12-26-17-7-5-4-6-8-17/h4-10,13,20H,11-12,14H2,1-3H3,(H,21,23). The number of nitrogens with zero attached hydrogens (tertiary/aromatic N) is 1. The van der Waals surface area contributed by atoms with Gasteiger partial charge in [0.15, 0.2) is 0 Å². The lowest BCUT2D eigenvalue weighted by atomic mass is 10.2. The molecule has 2 aromatic rings. The number of carbonyl (C=O) groups excluding carboxylic acids is 1. The molecule has 0 saturated carbocycles. The van der Waals surface area contributed by atoms with E-state index in [1.807, 2.05) is 42.3 Å². The molecule has 0 fully saturated rings. The smallest absolute Gasteiger partial charge is 0.240 e. The fourth-order valence-corrected chi connectivity index (χ4v) is 3.43. The summed E-state index contributed by atoms with van der Waals surface area (Å²) in [6.07, 6.45) is 0. The number of amides is 1. The molecule has 0 aliphatic heterocycles. The maximum Gasteiger partial charge on any atom is 0.240 e. The average molecular weight is 391 g/mol. The first-order valence-corrected chi connectivity index (χ1v) is 10.0. The number of hydrogen-bond acceptors (Lipinski definition) is 5. The zero-order valence-corrected chi connectivity index (χ0v) is 16.5. The Hall–Kier alpha value is -2.42. The minimum Gasteiger partial charge on any atom is -0.492 e. The minimum absolute atomic E-state index is 0.146. The van der Waals surface area contributed by atoms with Gasteiger partial charge in [-0.2, -0.15) is 0 Å². The molecule has 1 amide bonds. The van der Waals surface area contributed by atoms with Crippen molar-refractivity contribution in [1.29, 1.82) is 0 Å². The van der Waals surface area contributed by atoms with Crippen LogP contribution in [0, 0.1) is 6.92 Å². The van der Waals surface area contributed by atoms with E-state index in [0.717, 1.165) is 5.75 Å². The van der Waals surface area contributed by atoms with Crippen LogP contribution in [-0.4, -0.2) is 53.0 Å². The minimum atomic E-state index is -3.58. The molecule has 27 heavy (non-hydrogen) atoms.